The number of fused-ring (bicyclic) bond motifs is 1. The highest BCUT2D eigenvalue weighted by Gasteiger charge is 2.09. The SMILES string of the molecule is CC(C)c1ccc2cccc(C(C)CCN)c2c1. The number of hydrogen-bond donors (Lipinski definition) is 1. The Hall–Kier alpha value is -1.34. The fourth-order valence-electron chi connectivity index (χ4n) is 2.51. The van der Waals surface area contributed by atoms with E-state index in [0.29, 0.717) is 11.8 Å². The van der Waals surface area contributed by atoms with Crippen LogP contribution in [-0.4, -0.2) is 6.54 Å². The minimum Gasteiger partial charge on any atom is -0.330 e. The summed E-state index contributed by atoms with van der Waals surface area (Å²) >= 11 is 0. The van der Waals surface area contributed by atoms with Crippen LogP contribution >= 0.6 is 0 Å². The lowest BCUT2D eigenvalue weighted by Crippen LogP contribution is -2.05. The number of hydrogen-bond acceptors (Lipinski definition) is 1. The number of nitrogens with two attached hydrogens (primary N) is 1. The third-order valence-electron chi connectivity index (χ3n) is 3.74. The van der Waals surface area contributed by atoms with Crippen LogP contribution in [0.15, 0.2) is 36.4 Å². The van der Waals surface area contributed by atoms with E-state index in [9.17, 15) is 0 Å². The van der Waals surface area contributed by atoms with Gasteiger partial charge in [0.2, 0.25) is 0 Å². The van der Waals surface area contributed by atoms with E-state index in [1.807, 2.05) is 0 Å². The lowest BCUT2D eigenvalue weighted by atomic mass is 9.90. The van der Waals surface area contributed by atoms with E-state index < -0.39 is 0 Å². The minimum absolute atomic E-state index is 0.529. The van der Waals surface area contributed by atoms with Gasteiger partial charge in [-0.15, -0.1) is 0 Å². The Labute approximate surface area is 110 Å². The first-order valence-corrected chi connectivity index (χ1v) is 6.86. The Morgan fingerprint density at radius 1 is 1.06 bits per heavy atom. The smallest absolute Gasteiger partial charge is 0.00715 e. The van der Waals surface area contributed by atoms with Gasteiger partial charge in [0.15, 0.2) is 0 Å². The molecule has 1 unspecified atom stereocenters. The normalized spacial score (nSPS) is 13.2. The summed E-state index contributed by atoms with van der Waals surface area (Å²) in [6.45, 7) is 7.51. The number of rotatable bonds is 4. The van der Waals surface area contributed by atoms with Crippen LogP contribution in [0.1, 0.15) is 50.2 Å². The Bertz CT molecular complexity index is 528. The molecule has 0 aliphatic rings. The molecule has 0 aliphatic carbocycles. The van der Waals surface area contributed by atoms with Crippen molar-refractivity contribution in [3.05, 3.63) is 47.5 Å². The predicted octanol–water partition coefficient (Wildman–Crippen LogP) is 4.42. The molecule has 2 aromatic rings. The molecular formula is C17H23N. The average Bonchev–Trinajstić information content (AvgIpc) is 2.37. The molecule has 1 heteroatoms. The van der Waals surface area contributed by atoms with Gasteiger partial charge in [-0.05, 0) is 46.7 Å². The van der Waals surface area contributed by atoms with Gasteiger partial charge in [-0.2, -0.15) is 0 Å². The second kappa shape index (κ2) is 5.53. The molecule has 0 amide bonds. The zero-order chi connectivity index (χ0) is 13.1. The van der Waals surface area contributed by atoms with Gasteiger partial charge >= 0.3 is 0 Å². The van der Waals surface area contributed by atoms with Crippen LogP contribution in [0.5, 0.6) is 0 Å². The molecule has 0 aliphatic heterocycles. The maximum absolute atomic E-state index is 5.69. The summed E-state index contributed by atoms with van der Waals surface area (Å²) in [6.07, 6.45) is 1.05. The van der Waals surface area contributed by atoms with Crippen LogP contribution in [0.25, 0.3) is 10.8 Å². The molecule has 0 fully saturated rings. The first-order chi connectivity index (χ1) is 8.63. The summed E-state index contributed by atoms with van der Waals surface area (Å²) in [4.78, 5) is 0. The Morgan fingerprint density at radius 3 is 2.50 bits per heavy atom. The quantitative estimate of drug-likeness (QED) is 0.842. The van der Waals surface area contributed by atoms with E-state index in [0.717, 1.165) is 13.0 Å². The molecule has 96 valence electrons. The van der Waals surface area contributed by atoms with Crippen molar-refractivity contribution >= 4 is 10.8 Å². The molecule has 2 N–H and O–H groups in total. The van der Waals surface area contributed by atoms with Gasteiger partial charge in [0.05, 0.1) is 0 Å². The minimum atomic E-state index is 0.529. The lowest BCUT2D eigenvalue weighted by molar-refractivity contribution is 0.695. The van der Waals surface area contributed by atoms with Crippen LogP contribution in [-0.2, 0) is 0 Å². The Balaban J connectivity index is 2.55. The molecule has 0 aromatic heterocycles. The molecule has 1 nitrogen and oxygen atoms in total. The molecule has 0 saturated heterocycles. The van der Waals surface area contributed by atoms with Crippen molar-refractivity contribution in [3.63, 3.8) is 0 Å². The highest BCUT2D eigenvalue weighted by atomic mass is 14.5. The fourth-order valence-corrected chi connectivity index (χ4v) is 2.51. The fraction of sp³-hybridized carbons (Fsp3) is 0.412. The lowest BCUT2D eigenvalue weighted by Gasteiger charge is -2.15. The van der Waals surface area contributed by atoms with Gasteiger partial charge in [0, 0.05) is 0 Å². The Kier molecular flexibility index (Phi) is 4.03. The summed E-state index contributed by atoms with van der Waals surface area (Å²) in [6, 6.07) is 13.4. The van der Waals surface area contributed by atoms with Gasteiger partial charge in [0.25, 0.3) is 0 Å². The third kappa shape index (κ3) is 2.56. The van der Waals surface area contributed by atoms with E-state index in [1.165, 1.54) is 21.9 Å². The third-order valence-corrected chi connectivity index (χ3v) is 3.74. The maximum Gasteiger partial charge on any atom is -0.00715 e. The standard InChI is InChI=1S/C17H23N/c1-12(2)15-8-7-14-5-4-6-16(17(14)11-15)13(3)9-10-18/h4-8,11-13H,9-10,18H2,1-3H3. The van der Waals surface area contributed by atoms with E-state index in [-0.39, 0.29) is 0 Å². The molecule has 0 saturated carbocycles. The van der Waals surface area contributed by atoms with Crippen LogP contribution in [0.2, 0.25) is 0 Å². The van der Waals surface area contributed by atoms with E-state index in [4.69, 9.17) is 5.73 Å². The van der Waals surface area contributed by atoms with Crippen molar-refractivity contribution in [3.8, 4) is 0 Å². The number of benzene rings is 2. The topological polar surface area (TPSA) is 26.0 Å². The second-order valence-electron chi connectivity index (χ2n) is 5.46. The first kappa shape index (κ1) is 13.1. The molecule has 0 heterocycles. The van der Waals surface area contributed by atoms with Crippen LogP contribution in [0.4, 0.5) is 0 Å². The summed E-state index contributed by atoms with van der Waals surface area (Å²) in [5.74, 6) is 1.10. The molecule has 0 spiro atoms. The molecule has 2 aromatic carbocycles. The highest BCUT2D eigenvalue weighted by Crippen LogP contribution is 2.29. The molecule has 18 heavy (non-hydrogen) atoms. The van der Waals surface area contributed by atoms with Crippen LogP contribution < -0.4 is 5.73 Å². The molecular weight excluding hydrogens is 218 g/mol. The zero-order valence-corrected chi connectivity index (χ0v) is 11.6. The van der Waals surface area contributed by atoms with Crippen molar-refractivity contribution in [2.24, 2.45) is 5.73 Å². The Morgan fingerprint density at radius 2 is 1.83 bits per heavy atom. The maximum atomic E-state index is 5.69. The largest absolute Gasteiger partial charge is 0.330 e. The van der Waals surface area contributed by atoms with Crippen LogP contribution in [0.3, 0.4) is 0 Å². The summed E-state index contributed by atoms with van der Waals surface area (Å²) in [5, 5.41) is 2.73. The zero-order valence-electron chi connectivity index (χ0n) is 11.6. The summed E-state index contributed by atoms with van der Waals surface area (Å²) in [7, 11) is 0. The summed E-state index contributed by atoms with van der Waals surface area (Å²) < 4.78 is 0. The van der Waals surface area contributed by atoms with Crippen molar-refractivity contribution in [2.45, 2.75) is 39.0 Å². The summed E-state index contributed by atoms with van der Waals surface area (Å²) in [5.41, 5.74) is 8.53. The molecule has 1 atom stereocenters. The van der Waals surface area contributed by atoms with Crippen molar-refractivity contribution in [2.75, 3.05) is 6.54 Å². The van der Waals surface area contributed by atoms with E-state index in [2.05, 4.69) is 57.2 Å². The van der Waals surface area contributed by atoms with Gasteiger partial charge < -0.3 is 5.73 Å². The van der Waals surface area contributed by atoms with Gasteiger partial charge in [0.1, 0.15) is 0 Å². The van der Waals surface area contributed by atoms with E-state index in [1.54, 1.807) is 0 Å². The van der Waals surface area contributed by atoms with Gasteiger partial charge in [-0.3, -0.25) is 0 Å². The van der Waals surface area contributed by atoms with Crippen LogP contribution in [0, 0.1) is 0 Å². The predicted molar refractivity (Wildman–Crippen MR) is 80.1 cm³/mol. The van der Waals surface area contributed by atoms with Crippen molar-refractivity contribution in [1.82, 2.24) is 0 Å². The van der Waals surface area contributed by atoms with Gasteiger partial charge in [-0.25, -0.2) is 0 Å². The average molecular weight is 241 g/mol. The first-order valence-electron chi connectivity index (χ1n) is 6.86. The second-order valence-corrected chi connectivity index (χ2v) is 5.46. The van der Waals surface area contributed by atoms with Crippen molar-refractivity contribution < 1.29 is 0 Å². The highest BCUT2D eigenvalue weighted by molar-refractivity contribution is 5.87. The molecule has 0 bridgehead atoms. The monoisotopic (exact) mass is 241 g/mol. The van der Waals surface area contributed by atoms with Gasteiger partial charge in [-0.1, -0.05) is 57.2 Å². The molecule has 0 radical (unpaired) electrons. The molecule has 2 rings (SSSR count). The van der Waals surface area contributed by atoms with E-state index >= 15 is 0 Å². The van der Waals surface area contributed by atoms with Crippen molar-refractivity contribution in [1.29, 1.82) is 0 Å².